The molecule has 4 rings (SSSR count). The molecule has 0 aliphatic rings. The minimum Gasteiger partial charge on any atom is -0.293 e. The van der Waals surface area contributed by atoms with Crippen LogP contribution in [0.3, 0.4) is 0 Å². The van der Waals surface area contributed by atoms with Crippen LogP contribution in [0.2, 0.25) is 0 Å². The zero-order valence-electron chi connectivity index (χ0n) is 12.9. The summed E-state index contributed by atoms with van der Waals surface area (Å²) in [5.74, 6) is 0. The van der Waals surface area contributed by atoms with Crippen molar-refractivity contribution >= 4 is 16.2 Å². The van der Waals surface area contributed by atoms with Crippen molar-refractivity contribution in [2.75, 3.05) is 0 Å². The molecule has 0 bridgehead atoms. The van der Waals surface area contributed by atoms with Gasteiger partial charge >= 0.3 is 5.69 Å². The molecule has 0 saturated heterocycles. The second-order valence-corrected chi connectivity index (χ2v) is 6.57. The predicted molar refractivity (Wildman–Crippen MR) is 91.7 cm³/mol. The number of aryl methyl sites for hydroxylation is 2. The highest BCUT2D eigenvalue weighted by atomic mass is 32.1. The molecule has 6 heteroatoms. The zero-order valence-corrected chi connectivity index (χ0v) is 13.7. The lowest BCUT2D eigenvalue weighted by Gasteiger charge is -2.04. The average Bonchev–Trinajstić information content (AvgIpc) is 3.19. The molecule has 5 nitrogen and oxygen atoms in total. The summed E-state index contributed by atoms with van der Waals surface area (Å²) in [7, 11) is 0. The van der Waals surface area contributed by atoms with Gasteiger partial charge in [0.05, 0.1) is 24.1 Å². The summed E-state index contributed by atoms with van der Waals surface area (Å²) in [4.78, 5) is 18.0. The molecule has 0 radical (unpaired) electrons. The fourth-order valence-electron chi connectivity index (χ4n) is 2.80. The molecule has 0 aliphatic carbocycles. The van der Waals surface area contributed by atoms with Gasteiger partial charge in [-0.3, -0.25) is 13.5 Å². The Morgan fingerprint density at radius 2 is 1.96 bits per heavy atom. The molecule has 0 spiro atoms. The van der Waals surface area contributed by atoms with E-state index in [1.54, 1.807) is 26.8 Å². The van der Waals surface area contributed by atoms with E-state index in [4.69, 9.17) is 0 Å². The minimum absolute atomic E-state index is 0.0224. The Hall–Kier alpha value is -2.60. The lowest BCUT2D eigenvalue weighted by Crippen LogP contribution is -2.24. The second kappa shape index (κ2) is 5.24. The molecule has 0 saturated carbocycles. The maximum Gasteiger partial charge on any atom is 0.333 e. The van der Waals surface area contributed by atoms with Crippen LogP contribution in [0.25, 0.3) is 10.5 Å². The van der Waals surface area contributed by atoms with Gasteiger partial charge in [-0.1, -0.05) is 17.7 Å². The van der Waals surface area contributed by atoms with Crippen molar-refractivity contribution < 1.29 is 0 Å². The Kier molecular flexibility index (Phi) is 3.20. The molecule has 0 N–H and O–H groups in total. The molecular formula is C17H16N4OS. The van der Waals surface area contributed by atoms with Gasteiger partial charge in [0, 0.05) is 17.3 Å². The Morgan fingerprint density at radius 1 is 1.17 bits per heavy atom. The number of fused-ring (bicyclic) bond motifs is 1. The van der Waals surface area contributed by atoms with Crippen LogP contribution in [0.15, 0.2) is 53.2 Å². The summed E-state index contributed by atoms with van der Waals surface area (Å²) in [6, 6.07) is 8.00. The lowest BCUT2D eigenvalue weighted by atomic mass is 10.2. The van der Waals surface area contributed by atoms with Crippen LogP contribution in [0.1, 0.15) is 17.0 Å². The number of hydrogen-bond donors (Lipinski definition) is 0. The second-order valence-electron chi connectivity index (χ2n) is 5.68. The third kappa shape index (κ3) is 2.31. The van der Waals surface area contributed by atoms with E-state index in [-0.39, 0.29) is 5.69 Å². The van der Waals surface area contributed by atoms with Crippen molar-refractivity contribution in [3.8, 4) is 5.69 Å². The molecule has 3 heterocycles. The first-order valence-electron chi connectivity index (χ1n) is 7.38. The molecule has 116 valence electrons. The van der Waals surface area contributed by atoms with E-state index in [1.807, 2.05) is 54.9 Å². The van der Waals surface area contributed by atoms with Crippen molar-refractivity contribution in [2.24, 2.45) is 0 Å². The Bertz CT molecular complexity index is 1030. The highest BCUT2D eigenvalue weighted by Crippen LogP contribution is 2.17. The van der Waals surface area contributed by atoms with Crippen LogP contribution >= 0.6 is 11.3 Å². The van der Waals surface area contributed by atoms with Gasteiger partial charge in [0.15, 0.2) is 0 Å². The first kappa shape index (κ1) is 14.0. The predicted octanol–water partition coefficient (Wildman–Crippen LogP) is 3.01. The molecule has 1 aromatic carbocycles. The molecule has 0 atom stereocenters. The normalized spacial score (nSPS) is 11.4. The van der Waals surface area contributed by atoms with Gasteiger partial charge in [-0.15, -0.1) is 11.3 Å². The topological polar surface area (TPSA) is 44.2 Å². The van der Waals surface area contributed by atoms with Crippen LogP contribution in [0.4, 0.5) is 0 Å². The number of rotatable bonds is 3. The SMILES string of the molecule is Cc1ccc(-n2c(C)cn(Cc3csc4cncn34)c2=O)cc1. The number of thiazole rings is 1. The number of benzene rings is 1. The van der Waals surface area contributed by atoms with E-state index in [2.05, 4.69) is 10.4 Å². The van der Waals surface area contributed by atoms with Crippen LogP contribution in [-0.2, 0) is 6.54 Å². The standard InChI is InChI=1S/C17H16N4OS/c1-12-3-5-14(6-4-12)21-13(2)8-19(17(21)22)9-15-10-23-16-7-18-11-20(15)16/h3-8,10-11H,9H2,1-2H3. The Balaban J connectivity index is 1.76. The molecule has 3 aromatic heterocycles. The monoisotopic (exact) mass is 324 g/mol. The van der Waals surface area contributed by atoms with Gasteiger partial charge in [-0.05, 0) is 26.0 Å². The van der Waals surface area contributed by atoms with Crippen LogP contribution in [0.5, 0.6) is 0 Å². The number of hydrogen-bond acceptors (Lipinski definition) is 3. The van der Waals surface area contributed by atoms with E-state index < -0.39 is 0 Å². The van der Waals surface area contributed by atoms with Crippen molar-refractivity contribution in [1.29, 1.82) is 0 Å². The maximum atomic E-state index is 12.8. The van der Waals surface area contributed by atoms with E-state index in [0.29, 0.717) is 6.54 Å². The van der Waals surface area contributed by atoms with Crippen LogP contribution in [0, 0.1) is 13.8 Å². The Morgan fingerprint density at radius 3 is 2.74 bits per heavy atom. The van der Waals surface area contributed by atoms with E-state index in [0.717, 1.165) is 21.9 Å². The van der Waals surface area contributed by atoms with E-state index >= 15 is 0 Å². The van der Waals surface area contributed by atoms with Gasteiger partial charge in [0.2, 0.25) is 0 Å². The summed E-state index contributed by atoms with van der Waals surface area (Å²) in [6.07, 6.45) is 5.53. The summed E-state index contributed by atoms with van der Waals surface area (Å²) >= 11 is 1.63. The average molecular weight is 324 g/mol. The Labute approximate surface area is 137 Å². The first-order chi connectivity index (χ1) is 11.1. The molecule has 23 heavy (non-hydrogen) atoms. The van der Waals surface area contributed by atoms with E-state index in [9.17, 15) is 4.79 Å². The maximum absolute atomic E-state index is 12.8. The van der Waals surface area contributed by atoms with Crippen molar-refractivity contribution in [1.82, 2.24) is 18.5 Å². The summed E-state index contributed by atoms with van der Waals surface area (Å²) in [6.45, 7) is 4.53. The summed E-state index contributed by atoms with van der Waals surface area (Å²) in [5, 5.41) is 2.07. The van der Waals surface area contributed by atoms with Gasteiger partial charge in [0.1, 0.15) is 11.2 Å². The first-order valence-corrected chi connectivity index (χ1v) is 8.26. The smallest absolute Gasteiger partial charge is 0.293 e. The molecule has 0 amide bonds. The van der Waals surface area contributed by atoms with Crippen molar-refractivity contribution in [3.63, 3.8) is 0 Å². The largest absolute Gasteiger partial charge is 0.333 e. The fraction of sp³-hybridized carbons (Fsp3) is 0.176. The van der Waals surface area contributed by atoms with Gasteiger partial charge in [0.25, 0.3) is 0 Å². The van der Waals surface area contributed by atoms with Crippen LogP contribution < -0.4 is 5.69 Å². The lowest BCUT2D eigenvalue weighted by molar-refractivity contribution is 0.720. The van der Waals surface area contributed by atoms with Gasteiger partial charge < -0.3 is 0 Å². The third-order valence-corrected chi connectivity index (χ3v) is 4.92. The van der Waals surface area contributed by atoms with E-state index in [1.165, 1.54) is 5.56 Å². The fourth-order valence-corrected chi connectivity index (χ4v) is 3.64. The molecular weight excluding hydrogens is 308 g/mol. The van der Waals surface area contributed by atoms with Crippen molar-refractivity contribution in [2.45, 2.75) is 20.4 Å². The van der Waals surface area contributed by atoms with Gasteiger partial charge in [-0.25, -0.2) is 9.78 Å². The molecule has 0 aliphatic heterocycles. The molecule has 4 aromatic rings. The zero-order chi connectivity index (χ0) is 16.0. The molecule has 0 fully saturated rings. The summed E-state index contributed by atoms with van der Waals surface area (Å²) in [5.41, 5.74) is 4.04. The highest BCUT2D eigenvalue weighted by Gasteiger charge is 2.12. The highest BCUT2D eigenvalue weighted by molar-refractivity contribution is 7.15. The number of nitrogens with zero attached hydrogens (tertiary/aromatic N) is 4. The minimum atomic E-state index is -0.0224. The number of aromatic nitrogens is 4. The van der Waals surface area contributed by atoms with Crippen LogP contribution in [-0.4, -0.2) is 18.5 Å². The third-order valence-electron chi connectivity index (χ3n) is 3.99. The van der Waals surface area contributed by atoms with Gasteiger partial charge in [-0.2, -0.15) is 0 Å². The number of imidazole rings is 2. The molecule has 0 unspecified atom stereocenters. The summed E-state index contributed by atoms with van der Waals surface area (Å²) < 4.78 is 5.52. The van der Waals surface area contributed by atoms with Crippen molar-refractivity contribution in [3.05, 3.63) is 75.8 Å². The quantitative estimate of drug-likeness (QED) is 0.581.